The lowest BCUT2D eigenvalue weighted by Gasteiger charge is -2.16. The highest BCUT2D eigenvalue weighted by atomic mass is 19.1. The molecule has 0 atom stereocenters. The van der Waals surface area contributed by atoms with Crippen molar-refractivity contribution >= 4 is 17.5 Å². The van der Waals surface area contributed by atoms with Gasteiger partial charge in [-0.2, -0.15) is 0 Å². The highest BCUT2D eigenvalue weighted by Gasteiger charge is 2.56. The second-order valence-electron chi connectivity index (χ2n) is 6.18. The van der Waals surface area contributed by atoms with Crippen LogP contribution < -0.4 is 10.6 Å². The maximum atomic E-state index is 13.6. The van der Waals surface area contributed by atoms with Crippen LogP contribution in [-0.2, 0) is 16.1 Å². The highest BCUT2D eigenvalue weighted by molar-refractivity contribution is 6.13. The van der Waals surface area contributed by atoms with E-state index in [1.165, 1.54) is 6.07 Å². The number of benzene rings is 2. The van der Waals surface area contributed by atoms with Crippen LogP contribution in [0.2, 0.25) is 0 Å². The lowest BCUT2D eigenvalue weighted by molar-refractivity contribution is -0.134. The molecular formula is C19H19FN2O2. The Balaban J connectivity index is 1.62. The van der Waals surface area contributed by atoms with E-state index >= 15 is 0 Å². The zero-order chi connectivity index (χ0) is 17.2. The van der Waals surface area contributed by atoms with Gasteiger partial charge in [-0.15, -0.1) is 0 Å². The second-order valence-corrected chi connectivity index (χ2v) is 6.18. The number of nitrogens with one attached hydrogen (secondary N) is 2. The van der Waals surface area contributed by atoms with Crippen LogP contribution in [0.5, 0.6) is 0 Å². The van der Waals surface area contributed by atoms with E-state index < -0.39 is 5.41 Å². The Kier molecular flexibility index (Phi) is 4.34. The van der Waals surface area contributed by atoms with Crippen molar-refractivity contribution in [3.63, 3.8) is 0 Å². The molecule has 2 aromatic rings. The fourth-order valence-corrected chi connectivity index (χ4v) is 2.56. The van der Waals surface area contributed by atoms with Crippen molar-refractivity contribution in [2.75, 3.05) is 5.32 Å². The van der Waals surface area contributed by atoms with Crippen LogP contribution >= 0.6 is 0 Å². The van der Waals surface area contributed by atoms with Gasteiger partial charge in [0.05, 0.1) is 0 Å². The first-order valence-electron chi connectivity index (χ1n) is 7.91. The Hall–Kier alpha value is -2.69. The zero-order valence-corrected chi connectivity index (χ0v) is 13.4. The molecule has 0 bridgehead atoms. The average molecular weight is 326 g/mol. The van der Waals surface area contributed by atoms with E-state index in [0.717, 1.165) is 5.56 Å². The number of rotatable bonds is 5. The molecule has 0 unspecified atom stereocenters. The summed E-state index contributed by atoms with van der Waals surface area (Å²) in [6, 6.07) is 13.7. The Labute approximate surface area is 140 Å². The number of aryl methyl sites for hydroxylation is 1. The maximum absolute atomic E-state index is 13.6. The van der Waals surface area contributed by atoms with E-state index in [-0.39, 0.29) is 24.2 Å². The number of anilines is 1. The van der Waals surface area contributed by atoms with Crippen molar-refractivity contribution in [2.24, 2.45) is 5.41 Å². The normalized spacial score (nSPS) is 14.8. The summed E-state index contributed by atoms with van der Waals surface area (Å²) in [5, 5.41) is 5.47. The van der Waals surface area contributed by atoms with Gasteiger partial charge in [0.25, 0.3) is 0 Å². The molecule has 0 aliphatic heterocycles. The number of amides is 2. The minimum absolute atomic E-state index is 0.0745. The van der Waals surface area contributed by atoms with Gasteiger partial charge in [-0.3, -0.25) is 9.59 Å². The number of carbonyl (C=O) groups is 2. The minimum Gasteiger partial charge on any atom is -0.351 e. The number of halogens is 1. The van der Waals surface area contributed by atoms with Crippen molar-refractivity contribution in [3.05, 3.63) is 65.5 Å². The zero-order valence-electron chi connectivity index (χ0n) is 13.4. The van der Waals surface area contributed by atoms with Crippen LogP contribution in [0.1, 0.15) is 24.0 Å². The summed E-state index contributed by atoms with van der Waals surface area (Å²) in [6.07, 6.45) is 1.02. The van der Waals surface area contributed by atoms with Gasteiger partial charge in [0, 0.05) is 17.8 Å². The molecule has 3 rings (SSSR count). The molecule has 1 saturated carbocycles. The van der Waals surface area contributed by atoms with Crippen LogP contribution in [0.3, 0.4) is 0 Å². The van der Waals surface area contributed by atoms with Crippen molar-refractivity contribution in [2.45, 2.75) is 26.3 Å². The minimum atomic E-state index is -1.03. The lowest BCUT2D eigenvalue weighted by atomic mass is 10.0. The first-order valence-corrected chi connectivity index (χ1v) is 7.91. The number of hydrogen-bond acceptors (Lipinski definition) is 2. The number of hydrogen-bond donors (Lipinski definition) is 2. The predicted molar refractivity (Wildman–Crippen MR) is 89.7 cm³/mol. The van der Waals surface area contributed by atoms with E-state index in [1.54, 1.807) is 30.3 Å². The van der Waals surface area contributed by atoms with Gasteiger partial charge in [0.1, 0.15) is 11.2 Å². The van der Waals surface area contributed by atoms with Gasteiger partial charge in [0.15, 0.2) is 0 Å². The smallest absolute Gasteiger partial charge is 0.240 e. The number of carbonyl (C=O) groups excluding carboxylic acids is 2. The van der Waals surface area contributed by atoms with Crippen molar-refractivity contribution < 1.29 is 14.0 Å². The molecule has 24 heavy (non-hydrogen) atoms. The highest BCUT2D eigenvalue weighted by Crippen LogP contribution is 2.46. The quantitative estimate of drug-likeness (QED) is 0.829. The lowest BCUT2D eigenvalue weighted by Crippen LogP contribution is -2.39. The van der Waals surface area contributed by atoms with Gasteiger partial charge >= 0.3 is 0 Å². The third kappa shape index (κ3) is 3.30. The van der Waals surface area contributed by atoms with Gasteiger partial charge in [-0.05, 0) is 38.0 Å². The predicted octanol–water partition coefficient (Wildman–Crippen LogP) is 3.17. The molecule has 0 aromatic heterocycles. The summed E-state index contributed by atoms with van der Waals surface area (Å²) >= 11 is 0. The van der Waals surface area contributed by atoms with Gasteiger partial charge in [-0.1, -0.05) is 35.9 Å². The van der Waals surface area contributed by atoms with Crippen molar-refractivity contribution in [1.82, 2.24) is 5.32 Å². The molecule has 5 heteroatoms. The Morgan fingerprint density at radius 1 is 1.04 bits per heavy atom. The maximum Gasteiger partial charge on any atom is 0.240 e. The van der Waals surface area contributed by atoms with Crippen molar-refractivity contribution in [1.29, 1.82) is 0 Å². The van der Waals surface area contributed by atoms with Crippen LogP contribution in [0.25, 0.3) is 0 Å². The molecule has 4 nitrogen and oxygen atoms in total. The van der Waals surface area contributed by atoms with Crippen LogP contribution in [0, 0.1) is 18.2 Å². The summed E-state index contributed by atoms with van der Waals surface area (Å²) in [5.74, 6) is -1.03. The largest absolute Gasteiger partial charge is 0.351 e. The standard InChI is InChI=1S/C19H19FN2O2/c1-13-6-8-15(9-7-13)22-18(24)19(10-11-19)17(23)21-12-14-4-2-3-5-16(14)20/h2-9H,10-12H2,1H3,(H,21,23)(H,22,24). The van der Waals surface area contributed by atoms with Gasteiger partial charge in [-0.25, -0.2) is 4.39 Å². The molecule has 0 radical (unpaired) electrons. The first kappa shape index (κ1) is 16.2. The Morgan fingerprint density at radius 2 is 1.71 bits per heavy atom. The monoisotopic (exact) mass is 326 g/mol. The Morgan fingerprint density at radius 3 is 2.33 bits per heavy atom. The molecule has 2 amide bonds. The SMILES string of the molecule is Cc1ccc(NC(=O)C2(C(=O)NCc3ccccc3F)CC2)cc1. The molecule has 1 aliphatic rings. The third-order valence-electron chi connectivity index (χ3n) is 4.33. The van der Waals surface area contributed by atoms with Crippen molar-refractivity contribution in [3.8, 4) is 0 Å². The molecule has 0 heterocycles. The fourth-order valence-electron chi connectivity index (χ4n) is 2.56. The van der Waals surface area contributed by atoms with Crippen LogP contribution in [0.4, 0.5) is 10.1 Å². The van der Waals surface area contributed by atoms with E-state index in [2.05, 4.69) is 10.6 Å². The fraction of sp³-hybridized carbons (Fsp3) is 0.263. The Bertz CT molecular complexity index is 767. The third-order valence-corrected chi connectivity index (χ3v) is 4.33. The van der Waals surface area contributed by atoms with Crippen LogP contribution in [-0.4, -0.2) is 11.8 Å². The average Bonchev–Trinajstić information content (AvgIpc) is 3.38. The van der Waals surface area contributed by atoms with E-state index in [4.69, 9.17) is 0 Å². The molecular weight excluding hydrogens is 307 g/mol. The summed E-state index contributed by atoms with van der Waals surface area (Å²) in [5.41, 5.74) is 1.13. The first-order chi connectivity index (χ1) is 11.5. The molecule has 1 fully saturated rings. The molecule has 2 aromatic carbocycles. The topological polar surface area (TPSA) is 58.2 Å². The second kappa shape index (κ2) is 6.43. The molecule has 0 spiro atoms. The van der Waals surface area contributed by atoms with E-state index in [9.17, 15) is 14.0 Å². The molecule has 1 aliphatic carbocycles. The molecule has 124 valence electrons. The molecule has 0 saturated heterocycles. The summed E-state index contributed by atoms with van der Waals surface area (Å²) in [7, 11) is 0. The summed E-state index contributed by atoms with van der Waals surface area (Å²) in [4.78, 5) is 24.9. The van der Waals surface area contributed by atoms with E-state index in [1.807, 2.05) is 19.1 Å². The van der Waals surface area contributed by atoms with Crippen LogP contribution in [0.15, 0.2) is 48.5 Å². The van der Waals surface area contributed by atoms with Gasteiger partial charge < -0.3 is 10.6 Å². The van der Waals surface area contributed by atoms with Gasteiger partial charge in [0.2, 0.25) is 11.8 Å². The van der Waals surface area contributed by atoms with E-state index in [0.29, 0.717) is 24.1 Å². The summed E-state index contributed by atoms with van der Waals surface area (Å²) in [6.45, 7) is 2.04. The summed E-state index contributed by atoms with van der Waals surface area (Å²) < 4.78 is 13.6. The molecule has 2 N–H and O–H groups in total.